The molecule has 2 saturated heterocycles. The number of rotatable bonds is 7. The van der Waals surface area contributed by atoms with Gasteiger partial charge in [-0.3, -0.25) is 19.1 Å². The van der Waals surface area contributed by atoms with E-state index in [1.54, 1.807) is 10.9 Å². The number of piperidine rings is 2. The van der Waals surface area contributed by atoms with E-state index < -0.39 is 5.60 Å². The van der Waals surface area contributed by atoms with Crippen LogP contribution in [0.5, 0.6) is 0 Å². The van der Waals surface area contributed by atoms with Gasteiger partial charge in [-0.15, -0.1) is 0 Å². The number of carbonyl (C=O) groups is 1. The molecule has 1 aromatic carbocycles. The lowest BCUT2D eigenvalue weighted by atomic mass is 9.91. The smallest absolute Gasteiger partial charge is 0.264 e. The van der Waals surface area contributed by atoms with Gasteiger partial charge in [-0.05, 0) is 83.4 Å². The van der Waals surface area contributed by atoms with E-state index in [2.05, 4.69) is 46.1 Å². The monoisotopic (exact) mass is 533 g/mol. The molecule has 1 aliphatic carbocycles. The van der Waals surface area contributed by atoms with E-state index in [-0.39, 0.29) is 23.9 Å². The first-order chi connectivity index (χ1) is 18.8. The van der Waals surface area contributed by atoms with E-state index in [9.17, 15) is 14.7 Å². The van der Waals surface area contributed by atoms with Crippen molar-refractivity contribution in [1.29, 1.82) is 0 Å². The van der Waals surface area contributed by atoms with E-state index >= 15 is 0 Å². The van der Waals surface area contributed by atoms with Crippen LogP contribution in [-0.2, 0) is 17.9 Å². The van der Waals surface area contributed by atoms with Crippen LogP contribution in [-0.4, -0.2) is 97.0 Å². The maximum absolute atomic E-state index is 13.3. The van der Waals surface area contributed by atoms with Crippen LogP contribution in [0.3, 0.4) is 0 Å². The average molecular weight is 534 g/mol. The molecule has 208 valence electrons. The Bertz CT molecular complexity index is 1380. The molecule has 0 unspecified atom stereocenters. The zero-order chi connectivity index (χ0) is 27.1. The van der Waals surface area contributed by atoms with Crippen LogP contribution >= 0.6 is 0 Å². The molecule has 3 aliphatic rings. The fourth-order valence-corrected chi connectivity index (χ4v) is 6.05. The second-order valence-corrected chi connectivity index (χ2v) is 11.9. The third-order valence-electron chi connectivity index (χ3n) is 8.83. The molecule has 4 heterocycles. The molecule has 10 nitrogen and oxygen atoms in total. The summed E-state index contributed by atoms with van der Waals surface area (Å²) in [6, 6.07) is 8.98. The second-order valence-electron chi connectivity index (χ2n) is 11.9. The lowest BCUT2D eigenvalue weighted by Crippen LogP contribution is -2.50. The van der Waals surface area contributed by atoms with E-state index in [4.69, 9.17) is 0 Å². The second kappa shape index (κ2) is 10.5. The molecule has 0 atom stereocenters. The SMILES string of the molecule is CN(C)C1CCN(Cc2ccc(-n3ncc4c(=O)n(CC5(O)CCN(C(=O)C6CC6)CC5)cnc43)cc2)CC1. The summed E-state index contributed by atoms with van der Waals surface area (Å²) in [5.41, 5.74) is 1.37. The summed E-state index contributed by atoms with van der Waals surface area (Å²) in [4.78, 5) is 36.9. The maximum Gasteiger partial charge on any atom is 0.264 e. The minimum Gasteiger partial charge on any atom is -0.388 e. The van der Waals surface area contributed by atoms with Crippen LogP contribution in [0.2, 0.25) is 0 Å². The summed E-state index contributed by atoms with van der Waals surface area (Å²) in [7, 11) is 4.32. The molecule has 0 spiro atoms. The van der Waals surface area contributed by atoms with Crippen LogP contribution in [0.1, 0.15) is 44.1 Å². The summed E-state index contributed by atoms with van der Waals surface area (Å²) >= 11 is 0. The summed E-state index contributed by atoms with van der Waals surface area (Å²) in [5, 5.41) is 16.1. The van der Waals surface area contributed by atoms with Crippen molar-refractivity contribution in [2.45, 2.75) is 63.3 Å². The van der Waals surface area contributed by atoms with Crippen molar-refractivity contribution in [3.63, 3.8) is 0 Å². The Morgan fingerprint density at radius 3 is 2.38 bits per heavy atom. The highest BCUT2D eigenvalue weighted by Crippen LogP contribution is 2.33. The van der Waals surface area contributed by atoms with Crippen molar-refractivity contribution < 1.29 is 9.90 Å². The molecule has 2 aromatic heterocycles. The normalized spacial score (nSPS) is 20.7. The third kappa shape index (κ3) is 5.50. The Morgan fingerprint density at radius 1 is 1.05 bits per heavy atom. The van der Waals surface area contributed by atoms with Gasteiger partial charge in [-0.2, -0.15) is 5.10 Å². The van der Waals surface area contributed by atoms with E-state index in [1.807, 2.05) is 17.0 Å². The number of fused-ring (bicyclic) bond motifs is 1. The van der Waals surface area contributed by atoms with Gasteiger partial charge in [0, 0.05) is 31.6 Å². The lowest BCUT2D eigenvalue weighted by molar-refractivity contribution is -0.137. The number of nitrogens with zero attached hydrogens (tertiary/aromatic N) is 7. The molecule has 39 heavy (non-hydrogen) atoms. The van der Waals surface area contributed by atoms with Crippen LogP contribution in [0.4, 0.5) is 0 Å². The molecular weight excluding hydrogens is 494 g/mol. The number of hydrogen-bond donors (Lipinski definition) is 1. The number of hydrogen-bond acceptors (Lipinski definition) is 7. The number of likely N-dealkylation sites (tertiary alicyclic amines) is 2. The van der Waals surface area contributed by atoms with Crippen LogP contribution < -0.4 is 5.56 Å². The molecule has 3 aromatic rings. The standard InChI is InChI=1S/C29H39N7O3/c1-32(2)23-9-13-33(14-10-23)18-21-3-7-24(8-4-21)36-26-25(17-31-36)28(38)35(20-30-26)19-29(39)11-15-34(16-12-29)27(37)22-5-6-22/h3-4,7-8,17,20,22-23,39H,5-6,9-16,18-19H2,1-2H3. The van der Waals surface area contributed by atoms with Gasteiger partial charge in [0.25, 0.3) is 5.56 Å². The topological polar surface area (TPSA) is 99.7 Å². The quantitative estimate of drug-likeness (QED) is 0.495. The van der Waals surface area contributed by atoms with Gasteiger partial charge < -0.3 is 14.9 Å². The van der Waals surface area contributed by atoms with Gasteiger partial charge in [-0.25, -0.2) is 9.67 Å². The lowest BCUT2D eigenvalue weighted by Gasteiger charge is -2.38. The van der Waals surface area contributed by atoms with Gasteiger partial charge in [-0.1, -0.05) is 12.1 Å². The van der Waals surface area contributed by atoms with Gasteiger partial charge >= 0.3 is 0 Å². The number of carbonyl (C=O) groups excluding carboxylic acids is 1. The fraction of sp³-hybridized carbons (Fsp3) is 0.586. The van der Waals surface area contributed by atoms with E-state index in [0.717, 1.165) is 38.2 Å². The molecule has 1 N–H and O–H groups in total. The first-order valence-corrected chi connectivity index (χ1v) is 14.2. The Kier molecular flexibility index (Phi) is 7.03. The van der Waals surface area contributed by atoms with Gasteiger partial charge in [0.1, 0.15) is 11.7 Å². The van der Waals surface area contributed by atoms with Crippen LogP contribution in [0, 0.1) is 5.92 Å². The van der Waals surface area contributed by atoms with Gasteiger partial charge in [0.2, 0.25) is 5.91 Å². The molecule has 2 aliphatic heterocycles. The first-order valence-electron chi connectivity index (χ1n) is 14.2. The minimum absolute atomic E-state index is 0.159. The predicted molar refractivity (Wildman–Crippen MR) is 149 cm³/mol. The predicted octanol–water partition coefficient (Wildman–Crippen LogP) is 1.87. The highest BCUT2D eigenvalue weighted by molar-refractivity contribution is 5.81. The number of aliphatic hydroxyl groups is 1. The number of benzene rings is 1. The van der Waals surface area contributed by atoms with Gasteiger partial charge in [0.15, 0.2) is 5.65 Å². The fourth-order valence-electron chi connectivity index (χ4n) is 6.05. The van der Waals surface area contributed by atoms with Crippen LogP contribution in [0.25, 0.3) is 16.7 Å². The molecule has 1 amide bonds. The molecule has 0 bridgehead atoms. The largest absolute Gasteiger partial charge is 0.388 e. The Labute approximate surface area is 228 Å². The highest BCUT2D eigenvalue weighted by Gasteiger charge is 2.39. The van der Waals surface area contributed by atoms with Crippen molar-refractivity contribution in [2.24, 2.45) is 5.92 Å². The Morgan fingerprint density at radius 2 is 1.74 bits per heavy atom. The van der Waals surface area contributed by atoms with Crippen molar-refractivity contribution in [2.75, 3.05) is 40.3 Å². The zero-order valence-corrected chi connectivity index (χ0v) is 23.0. The summed E-state index contributed by atoms with van der Waals surface area (Å²) < 4.78 is 3.18. The minimum atomic E-state index is -1.03. The van der Waals surface area contributed by atoms with Crippen molar-refractivity contribution >= 4 is 16.9 Å². The molecule has 6 rings (SSSR count). The highest BCUT2D eigenvalue weighted by atomic mass is 16.3. The molecule has 0 radical (unpaired) electrons. The Balaban J connectivity index is 1.11. The maximum atomic E-state index is 13.3. The number of aromatic nitrogens is 4. The zero-order valence-electron chi connectivity index (χ0n) is 23.0. The summed E-state index contributed by atoms with van der Waals surface area (Å²) in [6.07, 6.45) is 8.33. The van der Waals surface area contributed by atoms with Crippen LogP contribution in [0.15, 0.2) is 41.6 Å². The Hall–Kier alpha value is -3.08. The number of amides is 1. The summed E-state index contributed by atoms with van der Waals surface area (Å²) in [6.45, 7) is 4.36. The third-order valence-corrected chi connectivity index (χ3v) is 8.83. The molecular formula is C29H39N7O3. The molecule has 1 saturated carbocycles. The van der Waals surface area contributed by atoms with E-state index in [1.165, 1.54) is 29.3 Å². The average Bonchev–Trinajstić information content (AvgIpc) is 3.70. The molecule has 10 heteroatoms. The van der Waals surface area contributed by atoms with Crippen molar-refractivity contribution in [1.82, 2.24) is 34.0 Å². The molecule has 3 fully saturated rings. The van der Waals surface area contributed by atoms with Gasteiger partial charge in [0.05, 0.1) is 24.0 Å². The van der Waals surface area contributed by atoms with Crippen molar-refractivity contribution in [3.05, 3.63) is 52.7 Å². The summed E-state index contributed by atoms with van der Waals surface area (Å²) in [5.74, 6) is 0.395. The van der Waals surface area contributed by atoms with Crippen molar-refractivity contribution in [3.8, 4) is 5.69 Å². The first kappa shape index (κ1) is 26.2. The van der Waals surface area contributed by atoms with E-state index in [0.29, 0.717) is 43.0 Å².